The van der Waals surface area contributed by atoms with Crippen molar-refractivity contribution in [2.24, 2.45) is 0 Å². The van der Waals surface area contributed by atoms with Crippen molar-refractivity contribution in [1.82, 2.24) is 18.7 Å². The van der Waals surface area contributed by atoms with E-state index in [1.54, 1.807) is 0 Å². The number of hydrogen-bond donors (Lipinski definition) is 1. The third kappa shape index (κ3) is 4.52. The number of imidazole rings is 2. The largest absolute Gasteiger partial charge is 0.464 e. The lowest BCUT2D eigenvalue weighted by Gasteiger charge is -2.11. The summed E-state index contributed by atoms with van der Waals surface area (Å²) in [7, 11) is -3.91. The van der Waals surface area contributed by atoms with Crippen LogP contribution in [0.5, 0.6) is 0 Å². The van der Waals surface area contributed by atoms with Crippen molar-refractivity contribution in [2.45, 2.75) is 18.1 Å². The van der Waals surface area contributed by atoms with Crippen LogP contribution in [0.1, 0.15) is 16.8 Å². The number of nitrogens with zero attached hydrogens (tertiary/aromatic N) is 5. The van der Waals surface area contributed by atoms with Gasteiger partial charge in [-0.15, -0.1) is 0 Å². The minimum absolute atomic E-state index is 0.104. The molecule has 0 saturated heterocycles. The van der Waals surface area contributed by atoms with Gasteiger partial charge < -0.3 is 5.11 Å². The molecule has 0 unspecified atom stereocenters. The van der Waals surface area contributed by atoms with Crippen LogP contribution in [0, 0.1) is 18.3 Å². The summed E-state index contributed by atoms with van der Waals surface area (Å²) >= 11 is 0. The van der Waals surface area contributed by atoms with Crippen molar-refractivity contribution in [3.05, 3.63) is 82.0 Å². The van der Waals surface area contributed by atoms with E-state index in [0.717, 1.165) is 29.2 Å². The van der Waals surface area contributed by atoms with Crippen LogP contribution in [0.25, 0.3) is 22.9 Å². The first-order valence-electron chi connectivity index (χ1n) is 10.3. The third-order valence-electron chi connectivity index (χ3n) is 5.46. The molecule has 0 spiro atoms. The van der Waals surface area contributed by atoms with E-state index in [-0.39, 0.29) is 33.2 Å². The first-order chi connectivity index (χ1) is 17.2. The maximum atomic E-state index is 13.3. The quantitative estimate of drug-likeness (QED) is 0.424. The molecule has 190 valence electrons. The second-order valence-corrected chi connectivity index (χ2v) is 9.88. The summed E-state index contributed by atoms with van der Waals surface area (Å²) in [5.41, 5.74) is -2.39. The molecule has 0 aliphatic heterocycles. The fourth-order valence-corrected chi connectivity index (χ4v) is 4.32. The number of carbonyl (C=O) groups is 1. The van der Waals surface area contributed by atoms with Crippen molar-refractivity contribution in [1.29, 1.82) is 5.26 Å². The molecule has 14 heteroatoms. The maximum Gasteiger partial charge on any atom is 0.420 e. The summed E-state index contributed by atoms with van der Waals surface area (Å²) in [6.45, 7) is 1.30. The van der Waals surface area contributed by atoms with Gasteiger partial charge in [-0.05, 0) is 49.4 Å². The average molecular weight is 531 g/mol. The third-order valence-corrected chi connectivity index (χ3v) is 6.41. The van der Waals surface area contributed by atoms with Crippen LogP contribution < -0.4 is 5.69 Å². The molecule has 1 N–H and O–H groups in total. The zero-order valence-electron chi connectivity index (χ0n) is 19.1. The van der Waals surface area contributed by atoms with Crippen LogP contribution in [0.2, 0.25) is 0 Å². The molecule has 4 aromatic rings. The first-order valence-corrected chi connectivity index (χ1v) is 12.2. The lowest BCUT2D eigenvalue weighted by atomic mass is 10.2. The SMILES string of the molecule is Cc1c(-c2nc(S(C)(=O)=O)cn2-c2ccc(C#N)cc2)n(C(=O)O)c(=O)n1-c1cccc(C(F)(F)F)c1. The summed E-state index contributed by atoms with van der Waals surface area (Å²) in [5.74, 6) is -0.271. The standard InChI is InChI=1S/C23H16F3N5O5S/c1-13-19(20-28-18(37(2,35)36)12-29(20)16-8-6-14(11-27)7-9-16)31(22(33)34)21(32)30(13)17-5-3-4-15(10-17)23(24,25)26/h3-10,12H,1-2H3,(H,33,34). The van der Waals surface area contributed by atoms with Crippen LogP contribution in [-0.4, -0.2) is 44.6 Å². The Morgan fingerprint density at radius 3 is 2.30 bits per heavy atom. The minimum Gasteiger partial charge on any atom is -0.464 e. The van der Waals surface area contributed by atoms with Gasteiger partial charge in [0, 0.05) is 18.1 Å². The van der Waals surface area contributed by atoms with Gasteiger partial charge in [-0.25, -0.2) is 23.0 Å². The van der Waals surface area contributed by atoms with E-state index >= 15 is 0 Å². The Morgan fingerprint density at radius 2 is 1.76 bits per heavy atom. The van der Waals surface area contributed by atoms with E-state index < -0.39 is 38.4 Å². The molecule has 0 amide bonds. The van der Waals surface area contributed by atoms with Gasteiger partial charge in [0.1, 0.15) is 5.69 Å². The van der Waals surface area contributed by atoms with Crippen LogP contribution >= 0.6 is 0 Å². The number of nitriles is 1. The van der Waals surface area contributed by atoms with E-state index in [4.69, 9.17) is 5.26 Å². The van der Waals surface area contributed by atoms with Gasteiger partial charge in [-0.2, -0.15) is 23.0 Å². The highest BCUT2D eigenvalue weighted by atomic mass is 32.2. The highest BCUT2D eigenvalue weighted by Crippen LogP contribution is 2.32. The molecule has 2 heterocycles. The molecular formula is C23H16F3N5O5S. The van der Waals surface area contributed by atoms with Crippen LogP contribution in [-0.2, 0) is 16.0 Å². The van der Waals surface area contributed by atoms with E-state index in [9.17, 15) is 36.3 Å². The lowest BCUT2D eigenvalue weighted by Crippen LogP contribution is -2.28. The van der Waals surface area contributed by atoms with Crippen LogP contribution in [0.15, 0.2) is 64.5 Å². The molecule has 0 aliphatic carbocycles. The molecule has 0 atom stereocenters. The Morgan fingerprint density at radius 1 is 1.11 bits per heavy atom. The number of benzene rings is 2. The summed E-state index contributed by atoms with van der Waals surface area (Å²) in [5, 5.41) is 18.5. The van der Waals surface area contributed by atoms with Gasteiger partial charge >= 0.3 is 18.0 Å². The topological polar surface area (TPSA) is 140 Å². The van der Waals surface area contributed by atoms with Gasteiger partial charge in [0.2, 0.25) is 0 Å². The molecule has 4 rings (SSSR count). The molecule has 10 nitrogen and oxygen atoms in total. The Hall–Kier alpha value is -4.64. The predicted molar refractivity (Wildman–Crippen MR) is 124 cm³/mol. The van der Waals surface area contributed by atoms with Crippen molar-refractivity contribution >= 4 is 15.9 Å². The summed E-state index contributed by atoms with van der Waals surface area (Å²) in [6.07, 6.45) is -4.48. The average Bonchev–Trinajstić information content (AvgIpc) is 3.37. The van der Waals surface area contributed by atoms with E-state index in [1.165, 1.54) is 41.8 Å². The van der Waals surface area contributed by atoms with Crippen molar-refractivity contribution in [3.8, 4) is 29.0 Å². The number of carboxylic acid groups (broad SMARTS) is 1. The zero-order valence-corrected chi connectivity index (χ0v) is 19.9. The molecule has 2 aromatic heterocycles. The fourth-order valence-electron chi connectivity index (χ4n) is 3.77. The van der Waals surface area contributed by atoms with Crippen LogP contribution in [0.4, 0.5) is 18.0 Å². The van der Waals surface area contributed by atoms with Crippen molar-refractivity contribution in [2.75, 3.05) is 6.26 Å². The van der Waals surface area contributed by atoms with E-state index in [0.29, 0.717) is 11.6 Å². The van der Waals surface area contributed by atoms with E-state index in [1.807, 2.05) is 6.07 Å². The number of hydrogen-bond acceptors (Lipinski definition) is 6. The molecule has 0 bridgehead atoms. The Balaban J connectivity index is 2.07. The Kier molecular flexibility index (Phi) is 6.04. The van der Waals surface area contributed by atoms with Crippen molar-refractivity contribution in [3.63, 3.8) is 0 Å². The summed E-state index contributed by atoms with van der Waals surface area (Å²) < 4.78 is 66.7. The van der Waals surface area contributed by atoms with Gasteiger partial charge in [-0.3, -0.25) is 9.13 Å². The Bertz CT molecular complexity index is 1760. The van der Waals surface area contributed by atoms with Gasteiger partial charge in [0.05, 0.1) is 28.6 Å². The minimum atomic E-state index is -4.72. The van der Waals surface area contributed by atoms with Gasteiger partial charge in [-0.1, -0.05) is 6.07 Å². The maximum absolute atomic E-state index is 13.3. The summed E-state index contributed by atoms with van der Waals surface area (Å²) in [6, 6.07) is 11.5. The molecule has 0 fully saturated rings. The zero-order chi connectivity index (χ0) is 27.3. The normalized spacial score (nSPS) is 11.9. The van der Waals surface area contributed by atoms with Crippen LogP contribution in [0.3, 0.4) is 0 Å². The highest BCUT2D eigenvalue weighted by molar-refractivity contribution is 7.90. The smallest absolute Gasteiger partial charge is 0.420 e. The molecule has 0 saturated carbocycles. The van der Waals surface area contributed by atoms with Crippen molar-refractivity contribution < 1.29 is 31.5 Å². The second kappa shape index (κ2) is 8.79. The molecule has 0 radical (unpaired) electrons. The molecular weight excluding hydrogens is 515 g/mol. The number of rotatable bonds is 4. The highest BCUT2D eigenvalue weighted by Gasteiger charge is 2.32. The summed E-state index contributed by atoms with van der Waals surface area (Å²) in [4.78, 5) is 29.4. The number of halogens is 3. The lowest BCUT2D eigenvalue weighted by molar-refractivity contribution is -0.137. The van der Waals surface area contributed by atoms with Gasteiger partial charge in [0.15, 0.2) is 20.7 Å². The monoisotopic (exact) mass is 531 g/mol. The first kappa shape index (κ1) is 25.5. The fraction of sp³-hybridized carbons (Fsp3) is 0.130. The molecule has 37 heavy (non-hydrogen) atoms. The predicted octanol–water partition coefficient (Wildman–Crippen LogP) is 3.62. The Labute approximate surface area is 207 Å². The number of sulfone groups is 1. The second-order valence-electron chi connectivity index (χ2n) is 7.92. The molecule has 2 aromatic carbocycles. The number of alkyl halides is 3. The van der Waals surface area contributed by atoms with E-state index in [2.05, 4.69) is 4.98 Å². The molecule has 0 aliphatic rings. The number of aromatic nitrogens is 4. The van der Waals surface area contributed by atoms with Gasteiger partial charge in [0.25, 0.3) is 0 Å².